The molecule has 0 heterocycles. The lowest BCUT2D eigenvalue weighted by atomic mass is 9.76. The summed E-state index contributed by atoms with van der Waals surface area (Å²) in [6.45, 7) is 6.31. The first-order valence-corrected chi connectivity index (χ1v) is 3.48. The Bertz CT molecular complexity index is 189. The van der Waals surface area contributed by atoms with Crippen LogP contribution in [0, 0.1) is 5.41 Å². The molecule has 1 aliphatic rings. The molecule has 56 valence electrons. The zero-order valence-corrected chi connectivity index (χ0v) is 6.60. The van der Waals surface area contributed by atoms with Crippen LogP contribution in [0.15, 0.2) is 11.8 Å². The van der Waals surface area contributed by atoms with E-state index < -0.39 is 0 Å². The van der Waals surface area contributed by atoms with Gasteiger partial charge in [0.1, 0.15) is 5.76 Å². The lowest BCUT2D eigenvalue weighted by Crippen LogP contribution is -2.35. The van der Waals surface area contributed by atoms with E-state index in [0.717, 1.165) is 5.76 Å². The molecule has 0 N–H and O–H groups in total. The van der Waals surface area contributed by atoms with Crippen LogP contribution in [0.5, 0.6) is 0 Å². The molecule has 0 amide bonds. The Morgan fingerprint density at radius 2 is 2.20 bits per heavy atom. The Morgan fingerprint density at radius 3 is 2.50 bits per heavy atom. The average Bonchev–Trinajstić information content (AvgIpc) is 1.88. The van der Waals surface area contributed by atoms with E-state index >= 15 is 0 Å². The predicted octanol–water partition coefficient (Wildman–Crippen LogP) is 1.52. The predicted molar refractivity (Wildman–Crippen MR) is 38.5 cm³/mol. The van der Waals surface area contributed by atoms with Crippen LogP contribution in [0.25, 0.3) is 0 Å². The van der Waals surface area contributed by atoms with Crippen molar-refractivity contribution in [3.8, 4) is 0 Å². The Kier molecular flexibility index (Phi) is 1.55. The van der Waals surface area contributed by atoms with Crippen LogP contribution in [0.1, 0.15) is 20.8 Å². The Labute approximate surface area is 60.9 Å². The first-order valence-electron chi connectivity index (χ1n) is 3.48. The Hall–Kier alpha value is -0.790. The van der Waals surface area contributed by atoms with Gasteiger partial charge in [-0.05, 0) is 20.8 Å². The second kappa shape index (κ2) is 2.11. The molecule has 0 aliphatic heterocycles. The van der Waals surface area contributed by atoms with Gasteiger partial charge in [-0.2, -0.15) is 0 Å². The number of ether oxygens (including phenoxy) is 1. The minimum Gasteiger partial charge on any atom is -0.497 e. The van der Waals surface area contributed by atoms with Gasteiger partial charge >= 0.3 is 0 Å². The summed E-state index contributed by atoms with van der Waals surface area (Å²) in [7, 11) is 0. The van der Waals surface area contributed by atoms with Gasteiger partial charge in [-0.25, -0.2) is 0 Å². The van der Waals surface area contributed by atoms with Crippen molar-refractivity contribution in [2.75, 3.05) is 6.61 Å². The molecule has 0 atom stereocenters. The highest BCUT2D eigenvalue weighted by atomic mass is 16.5. The normalized spacial score (nSPS) is 21.5. The standard InChI is InChI=1S/C8H12O2/c1-4-10-7-5-6(9)8(7,2)3/h5H,4H2,1-3H3. The zero-order chi connectivity index (χ0) is 7.78. The van der Waals surface area contributed by atoms with Gasteiger partial charge in [-0.1, -0.05) is 0 Å². The summed E-state index contributed by atoms with van der Waals surface area (Å²) in [5, 5.41) is 0. The molecule has 2 heteroatoms. The number of rotatable bonds is 2. The van der Waals surface area contributed by atoms with Crippen molar-refractivity contribution < 1.29 is 9.53 Å². The topological polar surface area (TPSA) is 26.3 Å². The van der Waals surface area contributed by atoms with Crippen LogP contribution in [-0.4, -0.2) is 12.4 Å². The maximum absolute atomic E-state index is 10.9. The van der Waals surface area contributed by atoms with Gasteiger partial charge in [-0.15, -0.1) is 0 Å². The maximum Gasteiger partial charge on any atom is 0.172 e. The van der Waals surface area contributed by atoms with E-state index in [1.807, 2.05) is 20.8 Å². The average molecular weight is 140 g/mol. The summed E-state index contributed by atoms with van der Waals surface area (Å²) in [6, 6.07) is 0. The molecule has 0 bridgehead atoms. The van der Waals surface area contributed by atoms with Crippen LogP contribution in [-0.2, 0) is 9.53 Å². The number of hydrogen-bond acceptors (Lipinski definition) is 2. The number of allylic oxidation sites excluding steroid dienone is 2. The second-order valence-corrected chi connectivity index (χ2v) is 2.93. The number of hydrogen-bond donors (Lipinski definition) is 0. The Balaban J connectivity index is 2.66. The largest absolute Gasteiger partial charge is 0.497 e. The minimum absolute atomic E-state index is 0.163. The van der Waals surface area contributed by atoms with Crippen molar-refractivity contribution in [1.29, 1.82) is 0 Å². The third-order valence-electron chi connectivity index (χ3n) is 1.79. The lowest BCUT2D eigenvalue weighted by molar-refractivity contribution is -0.126. The molecular weight excluding hydrogens is 128 g/mol. The van der Waals surface area contributed by atoms with Gasteiger partial charge in [0.2, 0.25) is 0 Å². The summed E-state index contributed by atoms with van der Waals surface area (Å²) in [6.07, 6.45) is 1.56. The van der Waals surface area contributed by atoms with E-state index in [4.69, 9.17) is 4.74 Å². The van der Waals surface area contributed by atoms with Crippen molar-refractivity contribution in [2.24, 2.45) is 5.41 Å². The quantitative estimate of drug-likeness (QED) is 0.581. The molecule has 0 saturated heterocycles. The molecule has 0 aromatic heterocycles. The fraction of sp³-hybridized carbons (Fsp3) is 0.625. The van der Waals surface area contributed by atoms with Crippen molar-refractivity contribution >= 4 is 5.78 Å². The third-order valence-corrected chi connectivity index (χ3v) is 1.79. The highest BCUT2D eigenvalue weighted by molar-refractivity contribution is 6.03. The van der Waals surface area contributed by atoms with Crippen molar-refractivity contribution in [3.05, 3.63) is 11.8 Å². The number of carbonyl (C=O) groups is 1. The van der Waals surface area contributed by atoms with Gasteiger partial charge in [0, 0.05) is 6.08 Å². The molecular formula is C8H12O2. The van der Waals surface area contributed by atoms with Gasteiger partial charge in [0.15, 0.2) is 5.78 Å². The van der Waals surface area contributed by atoms with E-state index in [2.05, 4.69) is 0 Å². The van der Waals surface area contributed by atoms with Crippen molar-refractivity contribution in [2.45, 2.75) is 20.8 Å². The van der Waals surface area contributed by atoms with Gasteiger partial charge in [0.25, 0.3) is 0 Å². The van der Waals surface area contributed by atoms with Crippen LogP contribution >= 0.6 is 0 Å². The molecule has 0 saturated carbocycles. The van der Waals surface area contributed by atoms with E-state index in [1.165, 1.54) is 0 Å². The minimum atomic E-state index is -0.351. The molecule has 2 nitrogen and oxygen atoms in total. The molecule has 0 aromatic carbocycles. The molecule has 0 unspecified atom stereocenters. The molecule has 0 spiro atoms. The Morgan fingerprint density at radius 1 is 1.60 bits per heavy atom. The van der Waals surface area contributed by atoms with E-state index in [9.17, 15) is 4.79 Å². The maximum atomic E-state index is 10.9. The van der Waals surface area contributed by atoms with Gasteiger partial charge < -0.3 is 4.74 Å². The van der Waals surface area contributed by atoms with Crippen LogP contribution in [0.3, 0.4) is 0 Å². The van der Waals surface area contributed by atoms with Crippen LogP contribution in [0.4, 0.5) is 0 Å². The van der Waals surface area contributed by atoms with E-state index in [0.29, 0.717) is 6.61 Å². The van der Waals surface area contributed by atoms with Crippen LogP contribution < -0.4 is 0 Å². The zero-order valence-electron chi connectivity index (χ0n) is 6.60. The first-order chi connectivity index (χ1) is 4.59. The van der Waals surface area contributed by atoms with Crippen molar-refractivity contribution in [1.82, 2.24) is 0 Å². The molecule has 1 aliphatic carbocycles. The number of ketones is 1. The van der Waals surface area contributed by atoms with E-state index in [1.54, 1.807) is 6.08 Å². The summed E-state index contributed by atoms with van der Waals surface area (Å²) < 4.78 is 5.20. The van der Waals surface area contributed by atoms with E-state index in [-0.39, 0.29) is 11.2 Å². The fourth-order valence-corrected chi connectivity index (χ4v) is 0.901. The van der Waals surface area contributed by atoms with Gasteiger partial charge in [0.05, 0.1) is 12.0 Å². The lowest BCUT2D eigenvalue weighted by Gasteiger charge is -2.32. The number of carbonyl (C=O) groups excluding carboxylic acids is 1. The molecule has 10 heavy (non-hydrogen) atoms. The fourth-order valence-electron chi connectivity index (χ4n) is 0.901. The first kappa shape index (κ1) is 7.32. The summed E-state index contributed by atoms with van der Waals surface area (Å²) in [5.41, 5.74) is -0.351. The monoisotopic (exact) mass is 140 g/mol. The summed E-state index contributed by atoms with van der Waals surface area (Å²) in [4.78, 5) is 10.9. The highest BCUT2D eigenvalue weighted by Crippen LogP contribution is 2.36. The highest BCUT2D eigenvalue weighted by Gasteiger charge is 2.40. The van der Waals surface area contributed by atoms with Crippen LogP contribution in [0.2, 0.25) is 0 Å². The molecule has 1 rings (SSSR count). The molecule has 0 aromatic rings. The third kappa shape index (κ3) is 0.838. The molecule has 0 fully saturated rings. The van der Waals surface area contributed by atoms with Gasteiger partial charge in [-0.3, -0.25) is 4.79 Å². The summed E-state index contributed by atoms with van der Waals surface area (Å²) in [5.74, 6) is 0.982. The summed E-state index contributed by atoms with van der Waals surface area (Å²) >= 11 is 0. The smallest absolute Gasteiger partial charge is 0.172 e. The SMILES string of the molecule is CCOC1=CC(=O)C1(C)C. The molecule has 0 radical (unpaired) electrons. The van der Waals surface area contributed by atoms with Crippen molar-refractivity contribution in [3.63, 3.8) is 0 Å². The second-order valence-electron chi connectivity index (χ2n) is 2.93.